The molecule has 0 aliphatic heterocycles. The normalized spacial score (nSPS) is 12.1. The van der Waals surface area contributed by atoms with Gasteiger partial charge in [0.05, 0.1) is 37.3 Å². The number of aromatic nitrogens is 3. The summed E-state index contributed by atoms with van der Waals surface area (Å²) >= 11 is 0. The SMILES string of the molecule is CC[NH+](CC)CCn1c(N)c(S(=O)(=O)c2ccc(C)cc2)c2cn[nH]c(=O)c21. The number of nitrogens with two attached hydrogens (primary N) is 1. The molecule has 0 saturated heterocycles. The fourth-order valence-electron chi connectivity index (χ4n) is 3.43. The van der Waals surface area contributed by atoms with Gasteiger partial charge in [0, 0.05) is 5.39 Å². The molecule has 9 heteroatoms. The van der Waals surface area contributed by atoms with Crippen molar-refractivity contribution in [2.24, 2.45) is 0 Å². The number of likely N-dealkylation sites (N-methyl/N-ethyl adjacent to an activating group) is 1. The fraction of sp³-hybridized carbons (Fsp3) is 0.368. The monoisotopic (exact) mass is 404 g/mol. The van der Waals surface area contributed by atoms with E-state index in [1.54, 1.807) is 28.8 Å². The highest BCUT2D eigenvalue weighted by Gasteiger charge is 2.29. The van der Waals surface area contributed by atoms with Crippen LogP contribution in [0.2, 0.25) is 0 Å². The highest BCUT2D eigenvalue weighted by molar-refractivity contribution is 7.92. The molecular formula is C19H26N5O3S+. The topological polar surface area (TPSA) is 115 Å². The first kappa shape index (κ1) is 20.1. The zero-order chi connectivity index (χ0) is 20.5. The van der Waals surface area contributed by atoms with Crippen molar-refractivity contribution in [2.75, 3.05) is 25.4 Å². The highest BCUT2D eigenvalue weighted by Crippen LogP contribution is 2.34. The Labute approximate surface area is 163 Å². The molecule has 2 heterocycles. The van der Waals surface area contributed by atoms with Crippen molar-refractivity contribution in [1.29, 1.82) is 0 Å². The molecule has 0 atom stereocenters. The summed E-state index contributed by atoms with van der Waals surface area (Å²) in [6.07, 6.45) is 1.36. The van der Waals surface area contributed by atoms with Crippen LogP contribution in [0, 0.1) is 6.92 Å². The van der Waals surface area contributed by atoms with Gasteiger partial charge in [0.25, 0.3) is 5.56 Å². The van der Waals surface area contributed by atoms with Crippen molar-refractivity contribution in [3.05, 3.63) is 46.4 Å². The van der Waals surface area contributed by atoms with Crippen LogP contribution in [0.15, 0.2) is 45.0 Å². The maximum atomic E-state index is 13.3. The van der Waals surface area contributed by atoms with Gasteiger partial charge in [0.1, 0.15) is 16.2 Å². The van der Waals surface area contributed by atoms with Gasteiger partial charge in [-0.25, -0.2) is 13.5 Å². The summed E-state index contributed by atoms with van der Waals surface area (Å²) in [7, 11) is -3.90. The predicted octanol–water partition coefficient (Wildman–Crippen LogP) is 0.373. The van der Waals surface area contributed by atoms with E-state index in [-0.39, 0.29) is 26.5 Å². The van der Waals surface area contributed by atoms with Gasteiger partial charge in [-0.1, -0.05) is 17.7 Å². The maximum Gasteiger partial charge on any atom is 0.288 e. The van der Waals surface area contributed by atoms with Crippen molar-refractivity contribution in [2.45, 2.75) is 37.1 Å². The van der Waals surface area contributed by atoms with Crippen LogP contribution >= 0.6 is 0 Å². The van der Waals surface area contributed by atoms with Crippen molar-refractivity contribution in [1.82, 2.24) is 14.8 Å². The third-order valence-electron chi connectivity index (χ3n) is 5.16. The Morgan fingerprint density at radius 1 is 1.18 bits per heavy atom. The first-order valence-corrected chi connectivity index (χ1v) is 10.8. The van der Waals surface area contributed by atoms with E-state index >= 15 is 0 Å². The number of nitrogens with zero attached hydrogens (tertiary/aromatic N) is 2. The Balaban J connectivity index is 2.21. The molecule has 3 rings (SSSR count). The number of aryl methyl sites for hydroxylation is 1. The molecule has 0 aliphatic rings. The van der Waals surface area contributed by atoms with Gasteiger partial charge < -0.3 is 15.2 Å². The van der Waals surface area contributed by atoms with Crippen LogP contribution in [0.3, 0.4) is 0 Å². The van der Waals surface area contributed by atoms with Gasteiger partial charge in [0.2, 0.25) is 9.84 Å². The summed E-state index contributed by atoms with van der Waals surface area (Å²) in [5.74, 6) is 0.0700. The van der Waals surface area contributed by atoms with Gasteiger partial charge in [-0.3, -0.25) is 4.79 Å². The number of quaternary nitrogens is 1. The van der Waals surface area contributed by atoms with Crippen LogP contribution in [-0.4, -0.2) is 42.8 Å². The lowest BCUT2D eigenvalue weighted by Gasteiger charge is -2.16. The van der Waals surface area contributed by atoms with Crippen LogP contribution in [0.25, 0.3) is 10.9 Å². The van der Waals surface area contributed by atoms with E-state index in [1.807, 2.05) is 6.92 Å². The second-order valence-corrected chi connectivity index (χ2v) is 8.74. The number of fused-ring (bicyclic) bond motifs is 1. The van der Waals surface area contributed by atoms with E-state index in [9.17, 15) is 13.2 Å². The average Bonchev–Trinajstić information content (AvgIpc) is 2.96. The number of aromatic amines is 1. The summed E-state index contributed by atoms with van der Waals surface area (Å²) in [4.78, 5) is 13.9. The van der Waals surface area contributed by atoms with Crippen molar-refractivity contribution < 1.29 is 13.3 Å². The quantitative estimate of drug-likeness (QED) is 0.526. The number of nitrogens with one attached hydrogen (secondary N) is 2. The smallest absolute Gasteiger partial charge is 0.288 e. The van der Waals surface area contributed by atoms with Gasteiger partial charge >= 0.3 is 0 Å². The summed E-state index contributed by atoms with van der Waals surface area (Å²) in [5, 5.41) is 6.43. The largest absolute Gasteiger partial charge is 0.384 e. The second kappa shape index (κ2) is 7.76. The minimum atomic E-state index is -3.90. The Morgan fingerprint density at radius 3 is 2.43 bits per heavy atom. The molecule has 0 bridgehead atoms. The number of nitrogen functional groups attached to an aromatic ring is 1. The maximum absolute atomic E-state index is 13.3. The van der Waals surface area contributed by atoms with E-state index < -0.39 is 15.4 Å². The lowest BCUT2D eigenvalue weighted by atomic mass is 10.2. The minimum absolute atomic E-state index is 0.0560. The second-order valence-electron chi connectivity index (χ2n) is 6.85. The third-order valence-corrected chi connectivity index (χ3v) is 7.02. The van der Waals surface area contributed by atoms with Crippen molar-refractivity contribution >= 4 is 26.6 Å². The molecule has 28 heavy (non-hydrogen) atoms. The third kappa shape index (κ3) is 3.43. The standard InChI is InChI=1S/C19H25N5O3S/c1-4-23(5-2)10-11-24-16-15(12-21-22-19(16)25)17(18(24)20)28(26,27)14-8-6-13(3)7-9-14/h6-9,12H,4-5,10-11,20H2,1-3H3,(H,22,25)/p+1. The Kier molecular flexibility index (Phi) is 5.57. The van der Waals surface area contributed by atoms with Crippen LogP contribution in [0.5, 0.6) is 0 Å². The predicted molar refractivity (Wildman–Crippen MR) is 108 cm³/mol. The van der Waals surface area contributed by atoms with Gasteiger partial charge in [-0.15, -0.1) is 0 Å². The highest BCUT2D eigenvalue weighted by atomic mass is 32.2. The Hall–Kier alpha value is -2.65. The van der Waals surface area contributed by atoms with Gasteiger partial charge in [-0.05, 0) is 32.9 Å². The van der Waals surface area contributed by atoms with Gasteiger partial charge in [-0.2, -0.15) is 5.10 Å². The summed E-state index contributed by atoms with van der Waals surface area (Å²) in [6, 6.07) is 6.57. The number of H-pyrrole nitrogens is 1. The van der Waals surface area contributed by atoms with E-state index in [0.717, 1.165) is 25.2 Å². The van der Waals surface area contributed by atoms with E-state index in [4.69, 9.17) is 5.73 Å². The molecule has 0 aliphatic carbocycles. The summed E-state index contributed by atoms with van der Waals surface area (Å²) < 4.78 is 28.2. The number of benzene rings is 1. The molecule has 0 amide bonds. The fourth-order valence-corrected chi connectivity index (χ4v) is 4.98. The lowest BCUT2D eigenvalue weighted by Crippen LogP contribution is -3.11. The number of hydrogen-bond donors (Lipinski definition) is 3. The molecule has 3 aromatic rings. The Bertz CT molecular complexity index is 1140. The van der Waals surface area contributed by atoms with E-state index in [2.05, 4.69) is 24.0 Å². The average molecular weight is 405 g/mol. The minimum Gasteiger partial charge on any atom is -0.384 e. The number of rotatable bonds is 7. The first-order valence-electron chi connectivity index (χ1n) is 9.31. The van der Waals surface area contributed by atoms with Crippen LogP contribution in [0.1, 0.15) is 19.4 Å². The molecule has 0 fully saturated rings. The molecule has 0 unspecified atom stereocenters. The zero-order valence-electron chi connectivity index (χ0n) is 16.3. The molecule has 150 valence electrons. The van der Waals surface area contributed by atoms with Crippen molar-refractivity contribution in [3.8, 4) is 0 Å². The number of hydrogen-bond acceptors (Lipinski definition) is 5. The molecule has 4 N–H and O–H groups in total. The molecule has 0 saturated carbocycles. The first-order chi connectivity index (χ1) is 13.3. The van der Waals surface area contributed by atoms with Gasteiger partial charge in [0.15, 0.2) is 0 Å². The number of sulfone groups is 1. The molecule has 2 aromatic heterocycles. The van der Waals surface area contributed by atoms with E-state index in [0.29, 0.717) is 6.54 Å². The Morgan fingerprint density at radius 2 is 1.82 bits per heavy atom. The molecule has 8 nitrogen and oxygen atoms in total. The molecule has 1 aromatic carbocycles. The summed E-state index contributed by atoms with van der Waals surface area (Å²) in [5.41, 5.74) is 7.04. The molecule has 0 radical (unpaired) electrons. The molecule has 0 spiro atoms. The van der Waals surface area contributed by atoms with Crippen LogP contribution in [-0.2, 0) is 16.4 Å². The summed E-state index contributed by atoms with van der Waals surface area (Å²) in [6.45, 7) is 9.09. The number of anilines is 1. The lowest BCUT2D eigenvalue weighted by molar-refractivity contribution is -0.897. The van der Waals surface area contributed by atoms with Crippen molar-refractivity contribution in [3.63, 3.8) is 0 Å². The zero-order valence-corrected chi connectivity index (χ0v) is 17.1. The van der Waals surface area contributed by atoms with Crippen LogP contribution in [0.4, 0.5) is 5.82 Å². The molecular weight excluding hydrogens is 378 g/mol. The van der Waals surface area contributed by atoms with E-state index in [1.165, 1.54) is 11.1 Å². The van der Waals surface area contributed by atoms with Crippen LogP contribution < -0.4 is 16.2 Å².